The first-order valence-corrected chi connectivity index (χ1v) is 7.67. The van der Waals surface area contributed by atoms with Crippen LogP contribution in [0.15, 0.2) is 48.5 Å². The minimum Gasteiger partial charge on any atom is -0.494 e. The Labute approximate surface area is 139 Å². The molecule has 0 radical (unpaired) electrons. The smallest absolute Gasteiger partial charge is 0.262 e. The lowest BCUT2D eigenvalue weighted by Crippen LogP contribution is -2.25. The first-order chi connectivity index (χ1) is 11.7. The molecule has 24 heavy (non-hydrogen) atoms. The molecule has 122 valence electrons. The highest BCUT2D eigenvalue weighted by Crippen LogP contribution is 2.28. The average Bonchev–Trinajstić information content (AvgIpc) is 2.59. The van der Waals surface area contributed by atoms with E-state index < -0.39 is 0 Å². The van der Waals surface area contributed by atoms with Gasteiger partial charge in [0.25, 0.3) is 5.91 Å². The zero-order chi connectivity index (χ0) is 16.9. The van der Waals surface area contributed by atoms with E-state index in [9.17, 15) is 9.59 Å². The molecule has 0 aliphatic carbocycles. The molecule has 1 amide bonds. The predicted octanol–water partition coefficient (Wildman–Crippen LogP) is 3.31. The summed E-state index contributed by atoms with van der Waals surface area (Å²) in [5.74, 6) is 0.954. The molecule has 1 aliphatic heterocycles. The second kappa shape index (κ2) is 7.00. The Morgan fingerprint density at radius 2 is 2.17 bits per heavy atom. The van der Waals surface area contributed by atoms with Crippen LogP contribution >= 0.6 is 0 Å². The first kappa shape index (κ1) is 15.8. The van der Waals surface area contributed by atoms with Gasteiger partial charge in [-0.25, -0.2) is 0 Å². The van der Waals surface area contributed by atoms with Crippen LogP contribution in [0.2, 0.25) is 0 Å². The fourth-order valence-corrected chi connectivity index (χ4v) is 2.38. The van der Waals surface area contributed by atoms with E-state index in [1.165, 1.54) is 6.08 Å². The van der Waals surface area contributed by atoms with Crippen LogP contribution in [0.3, 0.4) is 0 Å². The number of ketones is 1. The summed E-state index contributed by atoms with van der Waals surface area (Å²) < 4.78 is 10.7. The summed E-state index contributed by atoms with van der Waals surface area (Å²) in [7, 11) is 0. The molecule has 0 aromatic heterocycles. The topological polar surface area (TPSA) is 64.6 Å². The van der Waals surface area contributed by atoms with Gasteiger partial charge in [-0.15, -0.1) is 0 Å². The Balaban J connectivity index is 1.76. The zero-order valence-corrected chi connectivity index (χ0v) is 13.2. The Hall–Kier alpha value is -3.08. The maximum Gasteiger partial charge on any atom is 0.262 e. The SMILES string of the molecule is CCOc1cccc(/C=C/C(=O)c2ccc3c(c2)NC(=O)CO3)c1. The predicted molar refractivity (Wildman–Crippen MR) is 91.5 cm³/mol. The van der Waals surface area contributed by atoms with Gasteiger partial charge in [-0.2, -0.15) is 0 Å². The van der Waals surface area contributed by atoms with Gasteiger partial charge in [0.15, 0.2) is 12.4 Å². The molecule has 0 unspecified atom stereocenters. The van der Waals surface area contributed by atoms with E-state index in [0.717, 1.165) is 11.3 Å². The average molecular weight is 323 g/mol. The molecule has 5 heteroatoms. The molecule has 0 spiro atoms. The van der Waals surface area contributed by atoms with Gasteiger partial charge < -0.3 is 14.8 Å². The maximum absolute atomic E-state index is 12.3. The van der Waals surface area contributed by atoms with Crippen molar-refractivity contribution in [3.8, 4) is 11.5 Å². The van der Waals surface area contributed by atoms with Crippen molar-refractivity contribution in [2.24, 2.45) is 0 Å². The van der Waals surface area contributed by atoms with Crippen molar-refractivity contribution >= 4 is 23.5 Å². The van der Waals surface area contributed by atoms with E-state index in [0.29, 0.717) is 23.6 Å². The zero-order valence-electron chi connectivity index (χ0n) is 13.2. The van der Waals surface area contributed by atoms with Gasteiger partial charge in [0, 0.05) is 5.56 Å². The van der Waals surface area contributed by atoms with Crippen LogP contribution in [-0.4, -0.2) is 24.9 Å². The number of carbonyl (C=O) groups is 2. The van der Waals surface area contributed by atoms with Crippen LogP contribution in [-0.2, 0) is 4.79 Å². The molecule has 1 N–H and O–H groups in total. The summed E-state index contributed by atoms with van der Waals surface area (Å²) in [4.78, 5) is 23.7. The van der Waals surface area contributed by atoms with Crippen LogP contribution in [0, 0.1) is 0 Å². The van der Waals surface area contributed by atoms with Gasteiger partial charge in [0.2, 0.25) is 0 Å². The van der Waals surface area contributed by atoms with Crippen LogP contribution in [0.4, 0.5) is 5.69 Å². The Morgan fingerprint density at radius 1 is 1.29 bits per heavy atom. The molecule has 0 fully saturated rings. The Bertz CT molecular complexity index is 811. The number of fused-ring (bicyclic) bond motifs is 1. The molecule has 0 bridgehead atoms. The third-order valence-corrected chi connectivity index (χ3v) is 3.49. The highest BCUT2D eigenvalue weighted by atomic mass is 16.5. The fraction of sp³-hybridized carbons (Fsp3) is 0.158. The Morgan fingerprint density at radius 3 is 3.00 bits per heavy atom. The Kier molecular flexibility index (Phi) is 4.61. The molecule has 0 saturated carbocycles. The minimum atomic E-state index is -0.226. The molecule has 0 saturated heterocycles. The molecular weight excluding hydrogens is 306 g/mol. The summed E-state index contributed by atoms with van der Waals surface area (Å²) in [6.07, 6.45) is 3.23. The summed E-state index contributed by atoms with van der Waals surface area (Å²) in [5, 5.41) is 2.69. The molecule has 2 aromatic carbocycles. The van der Waals surface area contributed by atoms with Crippen LogP contribution in [0.25, 0.3) is 6.08 Å². The number of anilines is 1. The van der Waals surface area contributed by atoms with Gasteiger partial charge >= 0.3 is 0 Å². The van der Waals surface area contributed by atoms with Crippen molar-refractivity contribution < 1.29 is 19.1 Å². The standard InChI is InChI=1S/C19H17NO4/c1-2-23-15-5-3-4-13(10-15)6-8-17(21)14-7-9-18-16(11-14)20-19(22)12-24-18/h3-11H,2,12H2,1H3,(H,20,22)/b8-6+. The molecule has 5 nitrogen and oxygen atoms in total. The number of nitrogens with one attached hydrogen (secondary N) is 1. The second-order valence-electron chi connectivity index (χ2n) is 5.25. The molecule has 0 atom stereocenters. The van der Waals surface area contributed by atoms with E-state index >= 15 is 0 Å². The van der Waals surface area contributed by atoms with E-state index in [4.69, 9.17) is 9.47 Å². The number of ether oxygens (including phenoxy) is 2. The van der Waals surface area contributed by atoms with E-state index in [1.807, 2.05) is 31.2 Å². The van der Waals surface area contributed by atoms with Crippen molar-refractivity contribution in [3.63, 3.8) is 0 Å². The van der Waals surface area contributed by atoms with Gasteiger partial charge in [-0.05, 0) is 48.9 Å². The van der Waals surface area contributed by atoms with E-state index in [1.54, 1.807) is 24.3 Å². The van der Waals surface area contributed by atoms with Crippen LogP contribution in [0.5, 0.6) is 11.5 Å². The number of hydrogen-bond acceptors (Lipinski definition) is 4. The number of hydrogen-bond donors (Lipinski definition) is 1. The summed E-state index contributed by atoms with van der Waals surface area (Å²) in [6.45, 7) is 2.51. The van der Waals surface area contributed by atoms with Crippen molar-refractivity contribution in [1.29, 1.82) is 0 Å². The lowest BCUT2D eigenvalue weighted by Gasteiger charge is -2.17. The quantitative estimate of drug-likeness (QED) is 0.677. The monoisotopic (exact) mass is 323 g/mol. The van der Waals surface area contributed by atoms with Crippen LogP contribution in [0.1, 0.15) is 22.8 Å². The number of rotatable bonds is 5. The van der Waals surface area contributed by atoms with Crippen molar-refractivity contribution in [2.45, 2.75) is 6.92 Å². The number of carbonyl (C=O) groups excluding carboxylic acids is 2. The third-order valence-electron chi connectivity index (χ3n) is 3.49. The number of benzene rings is 2. The lowest BCUT2D eigenvalue weighted by atomic mass is 10.1. The highest BCUT2D eigenvalue weighted by molar-refractivity contribution is 6.08. The van der Waals surface area contributed by atoms with Gasteiger partial charge in [-0.1, -0.05) is 18.2 Å². The minimum absolute atomic E-state index is 0.00360. The number of allylic oxidation sites excluding steroid dienone is 1. The second-order valence-corrected chi connectivity index (χ2v) is 5.25. The van der Waals surface area contributed by atoms with Gasteiger partial charge in [0.05, 0.1) is 12.3 Å². The normalized spacial score (nSPS) is 13.1. The molecular formula is C19H17NO4. The maximum atomic E-state index is 12.3. The summed E-state index contributed by atoms with van der Waals surface area (Å²) in [6, 6.07) is 12.5. The van der Waals surface area contributed by atoms with Gasteiger partial charge in [0.1, 0.15) is 11.5 Å². The molecule has 2 aromatic rings. The van der Waals surface area contributed by atoms with Gasteiger partial charge in [-0.3, -0.25) is 9.59 Å². The van der Waals surface area contributed by atoms with Crippen LogP contribution < -0.4 is 14.8 Å². The number of amides is 1. The first-order valence-electron chi connectivity index (χ1n) is 7.67. The van der Waals surface area contributed by atoms with E-state index in [2.05, 4.69) is 5.32 Å². The largest absolute Gasteiger partial charge is 0.494 e. The summed E-state index contributed by atoms with van der Waals surface area (Å²) in [5.41, 5.74) is 1.88. The molecule has 3 rings (SSSR count). The molecule has 1 aliphatic rings. The van der Waals surface area contributed by atoms with Crippen molar-refractivity contribution in [1.82, 2.24) is 0 Å². The molecule has 1 heterocycles. The fourth-order valence-electron chi connectivity index (χ4n) is 2.38. The highest BCUT2D eigenvalue weighted by Gasteiger charge is 2.17. The van der Waals surface area contributed by atoms with E-state index in [-0.39, 0.29) is 18.3 Å². The third kappa shape index (κ3) is 3.63. The lowest BCUT2D eigenvalue weighted by molar-refractivity contribution is -0.118. The summed E-state index contributed by atoms with van der Waals surface area (Å²) >= 11 is 0. The van der Waals surface area contributed by atoms with Crippen molar-refractivity contribution in [3.05, 3.63) is 59.7 Å². The van der Waals surface area contributed by atoms with Crippen molar-refractivity contribution in [2.75, 3.05) is 18.5 Å².